The van der Waals surface area contributed by atoms with Crippen LogP contribution in [0.4, 0.5) is 0 Å². The van der Waals surface area contributed by atoms with Crippen LogP contribution < -0.4 is 10.0 Å². The van der Waals surface area contributed by atoms with Crippen molar-refractivity contribution in [3.05, 3.63) is 29.8 Å². The second kappa shape index (κ2) is 6.67. The molecule has 112 valence electrons. The Bertz CT molecular complexity index is 522. The monoisotopic (exact) mass is 298 g/mol. The summed E-state index contributed by atoms with van der Waals surface area (Å²) in [6.07, 6.45) is 1.71. The van der Waals surface area contributed by atoms with Crippen LogP contribution in [0.3, 0.4) is 0 Å². The Morgan fingerprint density at radius 1 is 1.25 bits per heavy atom. The van der Waals surface area contributed by atoms with E-state index in [9.17, 15) is 8.42 Å². The molecule has 1 saturated carbocycles. The van der Waals surface area contributed by atoms with Gasteiger partial charge in [-0.2, -0.15) is 0 Å². The van der Waals surface area contributed by atoms with Crippen molar-refractivity contribution in [2.45, 2.75) is 43.4 Å². The van der Waals surface area contributed by atoms with Crippen LogP contribution in [0.2, 0.25) is 0 Å². The van der Waals surface area contributed by atoms with Crippen LogP contribution in [0.25, 0.3) is 0 Å². The summed E-state index contributed by atoms with van der Waals surface area (Å²) < 4.78 is 32.6. The molecule has 0 heterocycles. The lowest BCUT2D eigenvalue weighted by Crippen LogP contribution is -2.47. The summed E-state index contributed by atoms with van der Waals surface area (Å²) in [5, 5.41) is 3.03. The fourth-order valence-corrected chi connectivity index (χ4v) is 3.57. The van der Waals surface area contributed by atoms with Crippen molar-refractivity contribution in [2.24, 2.45) is 0 Å². The molecule has 0 spiro atoms. The molecular formula is C14H22N2O3S. The van der Waals surface area contributed by atoms with Gasteiger partial charge in [0.15, 0.2) is 0 Å². The van der Waals surface area contributed by atoms with Gasteiger partial charge in [0.1, 0.15) is 0 Å². The normalized spacial score (nSPS) is 22.5. The van der Waals surface area contributed by atoms with Crippen LogP contribution in [0.15, 0.2) is 29.2 Å². The van der Waals surface area contributed by atoms with E-state index in [1.165, 1.54) is 0 Å². The summed E-state index contributed by atoms with van der Waals surface area (Å²) in [5.41, 5.74) is 1.06. The Kier molecular flexibility index (Phi) is 5.15. The van der Waals surface area contributed by atoms with E-state index in [4.69, 9.17) is 4.74 Å². The van der Waals surface area contributed by atoms with Crippen molar-refractivity contribution in [2.75, 3.05) is 13.7 Å². The average Bonchev–Trinajstić information content (AvgIpc) is 2.37. The van der Waals surface area contributed by atoms with Gasteiger partial charge >= 0.3 is 0 Å². The molecule has 2 rings (SSSR count). The fourth-order valence-electron chi connectivity index (χ4n) is 2.31. The zero-order valence-corrected chi connectivity index (χ0v) is 12.7. The zero-order chi connectivity index (χ0) is 14.6. The van der Waals surface area contributed by atoms with Crippen LogP contribution in [-0.4, -0.2) is 34.2 Å². The van der Waals surface area contributed by atoms with Gasteiger partial charge in [-0.05, 0) is 44.5 Å². The van der Waals surface area contributed by atoms with E-state index in [1.54, 1.807) is 12.1 Å². The molecule has 1 aliphatic carbocycles. The molecule has 1 aromatic rings. The topological polar surface area (TPSA) is 67.4 Å². The average molecular weight is 298 g/mol. The van der Waals surface area contributed by atoms with Crippen molar-refractivity contribution in [1.29, 1.82) is 0 Å². The Labute approximate surface area is 120 Å². The quantitative estimate of drug-likeness (QED) is 0.795. The standard InChI is InChI=1S/C14H22N2O3S/c1-3-19-13-8-12(9-13)16-20(17,18)14-6-4-11(5-7-14)10-15-2/h4-7,12-13,15-16H,3,8-10H2,1-2H3. The summed E-state index contributed by atoms with van der Waals surface area (Å²) in [6.45, 7) is 3.35. The molecule has 0 unspecified atom stereocenters. The van der Waals surface area contributed by atoms with Gasteiger partial charge in [-0.3, -0.25) is 0 Å². The van der Waals surface area contributed by atoms with Gasteiger partial charge in [0.05, 0.1) is 11.0 Å². The van der Waals surface area contributed by atoms with Gasteiger partial charge in [0.2, 0.25) is 10.0 Å². The second-order valence-corrected chi connectivity index (χ2v) is 6.76. The van der Waals surface area contributed by atoms with Crippen molar-refractivity contribution in [3.8, 4) is 0 Å². The van der Waals surface area contributed by atoms with Crippen LogP contribution >= 0.6 is 0 Å². The summed E-state index contributed by atoms with van der Waals surface area (Å²) in [5.74, 6) is 0. The minimum atomic E-state index is -3.42. The second-order valence-electron chi connectivity index (χ2n) is 5.04. The molecule has 0 radical (unpaired) electrons. The number of sulfonamides is 1. The van der Waals surface area contributed by atoms with Gasteiger partial charge in [-0.1, -0.05) is 12.1 Å². The predicted octanol–water partition coefficient (Wildman–Crippen LogP) is 1.25. The molecule has 6 heteroatoms. The van der Waals surface area contributed by atoms with E-state index in [0.29, 0.717) is 11.5 Å². The Balaban J connectivity index is 1.93. The molecular weight excluding hydrogens is 276 g/mol. The first-order valence-electron chi connectivity index (χ1n) is 6.92. The van der Waals surface area contributed by atoms with Gasteiger partial charge in [-0.25, -0.2) is 13.1 Å². The third-order valence-corrected chi connectivity index (χ3v) is 4.97. The van der Waals surface area contributed by atoms with Gasteiger partial charge < -0.3 is 10.1 Å². The smallest absolute Gasteiger partial charge is 0.240 e. The van der Waals surface area contributed by atoms with Crippen molar-refractivity contribution >= 4 is 10.0 Å². The number of rotatable bonds is 7. The lowest BCUT2D eigenvalue weighted by molar-refractivity contribution is -0.00475. The molecule has 0 aliphatic heterocycles. The van der Waals surface area contributed by atoms with E-state index in [1.807, 2.05) is 26.1 Å². The summed E-state index contributed by atoms with van der Waals surface area (Å²) in [4.78, 5) is 0.317. The number of ether oxygens (including phenoxy) is 1. The number of nitrogens with one attached hydrogen (secondary N) is 2. The van der Waals surface area contributed by atoms with Gasteiger partial charge in [0, 0.05) is 19.2 Å². The number of hydrogen-bond donors (Lipinski definition) is 2. The van der Waals surface area contributed by atoms with E-state index in [0.717, 1.165) is 24.9 Å². The van der Waals surface area contributed by atoms with E-state index < -0.39 is 10.0 Å². The van der Waals surface area contributed by atoms with Gasteiger partial charge in [-0.15, -0.1) is 0 Å². The van der Waals surface area contributed by atoms with Crippen LogP contribution in [0.1, 0.15) is 25.3 Å². The third kappa shape index (κ3) is 3.79. The maximum atomic E-state index is 12.2. The minimum Gasteiger partial charge on any atom is -0.378 e. The zero-order valence-electron chi connectivity index (χ0n) is 11.9. The maximum absolute atomic E-state index is 12.2. The molecule has 0 amide bonds. The Morgan fingerprint density at radius 2 is 1.90 bits per heavy atom. The molecule has 2 N–H and O–H groups in total. The first-order valence-corrected chi connectivity index (χ1v) is 8.41. The first-order chi connectivity index (χ1) is 9.55. The van der Waals surface area contributed by atoms with Crippen LogP contribution in [0.5, 0.6) is 0 Å². The highest BCUT2D eigenvalue weighted by atomic mass is 32.2. The summed E-state index contributed by atoms with van der Waals surface area (Å²) in [7, 11) is -1.56. The molecule has 0 atom stereocenters. The highest BCUT2D eigenvalue weighted by Crippen LogP contribution is 2.25. The molecule has 1 fully saturated rings. The van der Waals surface area contributed by atoms with E-state index >= 15 is 0 Å². The van der Waals surface area contributed by atoms with Crippen LogP contribution in [0, 0.1) is 0 Å². The lowest BCUT2D eigenvalue weighted by atomic mass is 9.90. The summed E-state index contributed by atoms with van der Waals surface area (Å²) in [6, 6.07) is 6.94. The Morgan fingerprint density at radius 3 is 2.45 bits per heavy atom. The molecule has 1 aromatic carbocycles. The third-order valence-electron chi connectivity index (χ3n) is 3.43. The molecule has 0 bridgehead atoms. The molecule has 0 aromatic heterocycles. The largest absolute Gasteiger partial charge is 0.378 e. The first kappa shape index (κ1) is 15.4. The Hall–Kier alpha value is -0.950. The SMILES string of the molecule is CCOC1CC(NS(=O)(=O)c2ccc(CNC)cc2)C1. The van der Waals surface area contributed by atoms with Crippen molar-refractivity contribution in [3.63, 3.8) is 0 Å². The predicted molar refractivity (Wildman–Crippen MR) is 78.0 cm³/mol. The number of hydrogen-bond acceptors (Lipinski definition) is 4. The summed E-state index contributed by atoms with van der Waals surface area (Å²) >= 11 is 0. The maximum Gasteiger partial charge on any atom is 0.240 e. The fraction of sp³-hybridized carbons (Fsp3) is 0.571. The van der Waals surface area contributed by atoms with Gasteiger partial charge in [0.25, 0.3) is 0 Å². The van der Waals surface area contributed by atoms with E-state index in [2.05, 4.69) is 10.0 Å². The lowest BCUT2D eigenvalue weighted by Gasteiger charge is -2.35. The minimum absolute atomic E-state index is 0.00599. The molecule has 5 nitrogen and oxygen atoms in total. The molecule has 0 saturated heterocycles. The highest BCUT2D eigenvalue weighted by molar-refractivity contribution is 7.89. The highest BCUT2D eigenvalue weighted by Gasteiger charge is 2.33. The molecule has 20 heavy (non-hydrogen) atoms. The molecule has 1 aliphatic rings. The van der Waals surface area contributed by atoms with Crippen LogP contribution in [-0.2, 0) is 21.3 Å². The van der Waals surface area contributed by atoms with E-state index in [-0.39, 0.29) is 12.1 Å². The number of benzene rings is 1. The van der Waals surface area contributed by atoms with Crippen molar-refractivity contribution < 1.29 is 13.2 Å². The van der Waals surface area contributed by atoms with Crippen molar-refractivity contribution in [1.82, 2.24) is 10.0 Å².